The average Bonchev–Trinajstić information content (AvgIpc) is 2.83. The maximum atomic E-state index is 6.36. The summed E-state index contributed by atoms with van der Waals surface area (Å²) < 4.78 is 6.36. The van der Waals surface area contributed by atoms with Crippen molar-refractivity contribution in [1.29, 1.82) is 0 Å². The smallest absolute Gasteiger partial charge is 0.127 e. The Morgan fingerprint density at radius 3 is 2.38 bits per heavy atom. The number of nitrogens with zero attached hydrogens (tertiary/aromatic N) is 1. The molecule has 1 unspecified atom stereocenters. The van der Waals surface area contributed by atoms with E-state index in [-0.39, 0.29) is 0 Å². The van der Waals surface area contributed by atoms with Crippen LogP contribution in [0, 0.1) is 18.8 Å². The van der Waals surface area contributed by atoms with E-state index in [0.717, 1.165) is 35.9 Å². The van der Waals surface area contributed by atoms with E-state index < -0.39 is 0 Å². The van der Waals surface area contributed by atoms with Crippen LogP contribution in [0.3, 0.4) is 0 Å². The van der Waals surface area contributed by atoms with Crippen LogP contribution in [0.15, 0.2) is 77.8 Å². The van der Waals surface area contributed by atoms with Crippen molar-refractivity contribution in [3.8, 4) is 5.75 Å². The lowest BCUT2D eigenvalue weighted by atomic mass is 9.97. The first kappa shape index (κ1) is 24.0. The summed E-state index contributed by atoms with van der Waals surface area (Å²) in [5, 5.41) is 4.90. The van der Waals surface area contributed by atoms with Crippen LogP contribution in [0.5, 0.6) is 5.75 Å². The standard InChI is InChI=1S/C32H37NO/c1-23(2)9-8-10-24(3)17-18-34-32-20-25(4)19-31-29(32)16-15-27-14-13-26(21-30(27)31)22-33-28-11-6-5-7-12-28/h5-7,11-16,19-24H,8-10,17-18H2,1-4H3. The van der Waals surface area contributed by atoms with E-state index in [1.807, 2.05) is 36.5 Å². The van der Waals surface area contributed by atoms with Crippen LogP contribution in [-0.2, 0) is 0 Å². The fourth-order valence-corrected chi connectivity index (χ4v) is 4.54. The van der Waals surface area contributed by atoms with E-state index in [1.54, 1.807) is 0 Å². The molecule has 0 saturated heterocycles. The molecule has 0 aliphatic heterocycles. The maximum Gasteiger partial charge on any atom is 0.127 e. The molecular formula is C32H37NO. The molecule has 0 aromatic heterocycles. The van der Waals surface area contributed by atoms with Crippen molar-refractivity contribution in [3.63, 3.8) is 0 Å². The van der Waals surface area contributed by atoms with Crippen molar-refractivity contribution in [3.05, 3.63) is 83.9 Å². The maximum absolute atomic E-state index is 6.36. The number of aryl methyl sites for hydroxylation is 1. The quantitative estimate of drug-likeness (QED) is 0.174. The SMILES string of the molecule is Cc1cc(OCCC(C)CCCC(C)C)c2ccc3ccc(C=Nc4ccccc4)cc3c2c1. The third-order valence-electron chi connectivity index (χ3n) is 6.55. The molecule has 2 heteroatoms. The molecule has 0 heterocycles. The summed E-state index contributed by atoms with van der Waals surface area (Å²) in [6.07, 6.45) is 6.96. The lowest BCUT2D eigenvalue weighted by Crippen LogP contribution is -2.05. The second-order valence-corrected chi connectivity index (χ2v) is 10.1. The monoisotopic (exact) mass is 451 g/mol. The second-order valence-electron chi connectivity index (χ2n) is 10.1. The normalized spacial score (nSPS) is 12.7. The minimum absolute atomic E-state index is 0.696. The van der Waals surface area contributed by atoms with Gasteiger partial charge in [-0.25, -0.2) is 0 Å². The predicted molar refractivity (Wildman–Crippen MR) is 148 cm³/mol. The zero-order chi connectivity index (χ0) is 23.9. The van der Waals surface area contributed by atoms with Gasteiger partial charge in [0.1, 0.15) is 5.75 Å². The first-order chi connectivity index (χ1) is 16.5. The molecule has 4 rings (SSSR count). The Bertz CT molecular complexity index is 1260. The summed E-state index contributed by atoms with van der Waals surface area (Å²) in [4.78, 5) is 4.64. The van der Waals surface area contributed by atoms with Crippen molar-refractivity contribution in [2.75, 3.05) is 6.61 Å². The minimum atomic E-state index is 0.696. The molecule has 4 aromatic rings. The van der Waals surface area contributed by atoms with Crippen molar-refractivity contribution in [2.45, 2.75) is 53.4 Å². The summed E-state index contributed by atoms with van der Waals surface area (Å²) in [6.45, 7) is 9.88. The molecule has 4 aromatic carbocycles. The lowest BCUT2D eigenvalue weighted by molar-refractivity contribution is 0.278. The minimum Gasteiger partial charge on any atom is -0.493 e. The van der Waals surface area contributed by atoms with Crippen LogP contribution in [0.4, 0.5) is 5.69 Å². The van der Waals surface area contributed by atoms with E-state index >= 15 is 0 Å². The van der Waals surface area contributed by atoms with E-state index in [2.05, 4.69) is 75.2 Å². The molecule has 0 spiro atoms. The molecular weight excluding hydrogens is 414 g/mol. The van der Waals surface area contributed by atoms with Crippen LogP contribution in [0.1, 0.15) is 57.6 Å². The number of para-hydroxylation sites is 1. The fourth-order valence-electron chi connectivity index (χ4n) is 4.54. The van der Waals surface area contributed by atoms with Crippen molar-refractivity contribution in [2.24, 2.45) is 16.8 Å². The van der Waals surface area contributed by atoms with Gasteiger partial charge in [-0.3, -0.25) is 4.99 Å². The Kier molecular flexibility index (Phi) is 8.00. The summed E-state index contributed by atoms with van der Waals surface area (Å²) in [6, 6.07) is 25.5. The molecule has 1 atom stereocenters. The Labute approximate surface area is 204 Å². The number of fused-ring (bicyclic) bond motifs is 3. The topological polar surface area (TPSA) is 21.6 Å². The van der Waals surface area contributed by atoms with Crippen LogP contribution in [-0.4, -0.2) is 12.8 Å². The number of ether oxygens (including phenoxy) is 1. The van der Waals surface area contributed by atoms with Crippen molar-refractivity contribution in [1.82, 2.24) is 0 Å². The highest BCUT2D eigenvalue weighted by Crippen LogP contribution is 2.34. The second kappa shape index (κ2) is 11.3. The summed E-state index contributed by atoms with van der Waals surface area (Å²) in [5.74, 6) is 2.49. The number of benzene rings is 4. The van der Waals surface area contributed by atoms with Gasteiger partial charge in [-0.15, -0.1) is 0 Å². The van der Waals surface area contributed by atoms with E-state index in [0.29, 0.717) is 5.92 Å². The molecule has 176 valence electrons. The first-order valence-electron chi connectivity index (χ1n) is 12.7. The molecule has 2 nitrogen and oxygen atoms in total. The van der Waals surface area contributed by atoms with E-state index in [1.165, 1.54) is 46.4 Å². The first-order valence-corrected chi connectivity index (χ1v) is 12.7. The Morgan fingerprint density at radius 1 is 0.794 bits per heavy atom. The van der Waals surface area contributed by atoms with Crippen LogP contribution in [0.2, 0.25) is 0 Å². The molecule has 0 bridgehead atoms. The van der Waals surface area contributed by atoms with Crippen molar-refractivity contribution >= 4 is 33.4 Å². The van der Waals surface area contributed by atoms with Gasteiger partial charge in [-0.2, -0.15) is 0 Å². The number of hydrogen-bond donors (Lipinski definition) is 0. The Balaban J connectivity index is 1.54. The highest BCUT2D eigenvalue weighted by atomic mass is 16.5. The van der Waals surface area contributed by atoms with Gasteiger partial charge in [-0.05, 0) is 76.7 Å². The molecule has 0 aliphatic carbocycles. The number of rotatable bonds is 10. The lowest BCUT2D eigenvalue weighted by Gasteiger charge is -2.15. The molecule has 0 aliphatic rings. The van der Waals surface area contributed by atoms with Gasteiger partial charge in [0, 0.05) is 11.6 Å². The van der Waals surface area contributed by atoms with Crippen LogP contribution in [0.25, 0.3) is 21.5 Å². The van der Waals surface area contributed by atoms with Crippen molar-refractivity contribution < 1.29 is 4.74 Å². The van der Waals surface area contributed by atoms with Crippen LogP contribution < -0.4 is 4.74 Å². The highest BCUT2D eigenvalue weighted by Gasteiger charge is 2.10. The molecule has 34 heavy (non-hydrogen) atoms. The number of hydrogen-bond acceptors (Lipinski definition) is 2. The molecule has 0 saturated carbocycles. The summed E-state index contributed by atoms with van der Waals surface area (Å²) in [5.41, 5.74) is 3.29. The van der Waals surface area contributed by atoms with E-state index in [9.17, 15) is 0 Å². The summed E-state index contributed by atoms with van der Waals surface area (Å²) >= 11 is 0. The van der Waals surface area contributed by atoms with Gasteiger partial charge in [0.15, 0.2) is 0 Å². The third-order valence-corrected chi connectivity index (χ3v) is 6.55. The van der Waals surface area contributed by atoms with E-state index in [4.69, 9.17) is 4.74 Å². The van der Waals surface area contributed by atoms with Gasteiger partial charge in [0.2, 0.25) is 0 Å². The van der Waals surface area contributed by atoms with Crippen LogP contribution >= 0.6 is 0 Å². The molecule has 0 radical (unpaired) electrons. The predicted octanol–water partition coefficient (Wildman–Crippen LogP) is 9.28. The largest absolute Gasteiger partial charge is 0.493 e. The molecule has 0 amide bonds. The summed E-state index contributed by atoms with van der Waals surface area (Å²) in [7, 11) is 0. The van der Waals surface area contributed by atoms with Gasteiger partial charge >= 0.3 is 0 Å². The average molecular weight is 452 g/mol. The highest BCUT2D eigenvalue weighted by molar-refractivity contribution is 6.11. The molecule has 0 fully saturated rings. The number of aliphatic imine (C=N–C) groups is 1. The fraction of sp³-hybridized carbons (Fsp3) is 0.344. The Hall–Kier alpha value is -3.13. The third kappa shape index (κ3) is 6.26. The van der Waals surface area contributed by atoms with Gasteiger partial charge < -0.3 is 4.74 Å². The Morgan fingerprint density at radius 2 is 1.59 bits per heavy atom. The van der Waals surface area contributed by atoms with Gasteiger partial charge in [0.25, 0.3) is 0 Å². The zero-order valence-corrected chi connectivity index (χ0v) is 21.1. The molecule has 0 N–H and O–H groups in total. The van der Waals surface area contributed by atoms with Gasteiger partial charge in [-0.1, -0.05) is 88.6 Å². The van der Waals surface area contributed by atoms with Gasteiger partial charge in [0.05, 0.1) is 12.3 Å². The zero-order valence-electron chi connectivity index (χ0n) is 21.1.